The number of ether oxygens (including phenoxy) is 1. The highest BCUT2D eigenvalue weighted by atomic mass is 35.5. The van der Waals surface area contributed by atoms with Crippen molar-refractivity contribution in [3.8, 4) is 0 Å². The van der Waals surface area contributed by atoms with Crippen LogP contribution in [0.4, 0.5) is 0 Å². The van der Waals surface area contributed by atoms with Crippen molar-refractivity contribution >= 4 is 11.6 Å². The second kappa shape index (κ2) is 7.00. The summed E-state index contributed by atoms with van der Waals surface area (Å²) >= 11 is 5.56. The van der Waals surface area contributed by atoms with E-state index in [0.29, 0.717) is 18.4 Å². The molecule has 0 N–H and O–H groups in total. The van der Waals surface area contributed by atoms with Crippen molar-refractivity contribution < 1.29 is 4.74 Å². The highest BCUT2D eigenvalue weighted by Crippen LogP contribution is 2.26. The van der Waals surface area contributed by atoms with Crippen molar-refractivity contribution in [2.24, 2.45) is 0 Å². The number of hydrogen-bond acceptors (Lipinski definition) is 2. The predicted molar refractivity (Wildman–Crippen MR) is 71.8 cm³/mol. The summed E-state index contributed by atoms with van der Waals surface area (Å²) in [4.78, 5) is 2.48. The Hall–Kier alpha value is -0.570. The van der Waals surface area contributed by atoms with E-state index in [9.17, 15) is 0 Å². The van der Waals surface area contributed by atoms with Crippen molar-refractivity contribution in [1.29, 1.82) is 0 Å². The minimum Gasteiger partial charge on any atom is -0.379 e. The minimum absolute atomic E-state index is 0.590. The van der Waals surface area contributed by atoms with Crippen LogP contribution in [-0.2, 0) is 4.74 Å². The van der Waals surface area contributed by atoms with Gasteiger partial charge in [0.05, 0.1) is 13.2 Å². The molecule has 1 aromatic carbocycles. The van der Waals surface area contributed by atoms with E-state index >= 15 is 0 Å². The van der Waals surface area contributed by atoms with E-state index in [-0.39, 0.29) is 0 Å². The fourth-order valence-corrected chi connectivity index (χ4v) is 2.49. The molecule has 2 nitrogen and oxygen atoms in total. The van der Waals surface area contributed by atoms with E-state index in [4.69, 9.17) is 16.3 Å². The quantitative estimate of drug-likeness (QED) is 0.571. The average molecular weight is 254 g/mol. The Labute approximate surface area is 109 Å². The SMILES string of the molecule is ClCCOCCN1CCC(c2ccccc2)C1. The van der Waals surface area contributed by atoms with Crippen LogP contribution >= 0.6 is 11.6 Å². The zero-order valence-corrected chi connectivity index (χ0v) is 10.9. The van der Waals surface area contributed by atoms with Crippen LogP contribution in [0.5, 0.6) is 0 Å². The van der Waals surface area contributed by atoms with Gasteiger partial charge in [0.25, 0.3) is 0 Å². The largest absolute Gasteiger partial charge is 0.379 e. The molecule has 0 bridgehead atoms. The summed E-state index contributed by atoms with van der Waals surface area (Å²) in [6.07, 6.45) is 1.26. The van der Waals surface area contributed by atoms with Gasteiger partial charge in [0, 0.05) is 19.0 Å². The Kier molecular flexibility index (Phi) is 5.30. The van der Waals surface area contributed by atoms with Crippen LogP contribution < -0.4 is 0 Å². The van der Waals surface area contributed by atoms with E-state index in [1.165, 1.54) is 18.5 Å². The lowest BCUT2D eigenvalue weighted by atomic mass is 9.99. The molecule has 1 aliphatic heterocycles. The molecule has 0 saturated carbocycles. The zero-order valence-electron chi connectivity index (χ0n) is 10.1. The molecule has 1 heterocycles. The summed E-state index contributed by atoms with van der Waals surface area (Å²) < 4.78 is 5.41. The monoisotopic (exact) mass is 253 g/mol. The second-order valence-electron chi connectivity index (χ2n) is 4.50. The third kappa shape index (κ3) is 3.98. The van der Waals surface area contributed by atoms with Gasteiger partial charge in [-0.3, -0.25) is 0 Å². The van der Waals surface area contributed by atoms with Crippen LogP contribution in [0.2, 0.25) is 0 Å². The van der Waals surface area contributed by atoms with Gasteiger partial charge < -0.3 is 9.64 Å². The van der Waals surface area contributed by atoms with Gasteiger partial charge in [-0.15, -0.1) is 11.6 Å². The minimum atomic E-state index is 0.590. The number of benzene rings is 1. The average Bonchev–Trinajstić information content (AvgIpc) is 2.85. The van der Waals surface area contributed by atoms with Crippen molar-refractivity contribution in [3.63, 3.8) is 0 Å². The fraction of sp³-hybridized carbons (Fsp3) is 0.571. The lowest BCUT2D eigenvalue weighted by molar-refractivity contribution is 0.123. The first-order valence-corrected chi connectivity index (χ1v) is 6.84. The van der Waals surface area contributed by atoms with E-state index < -0.39 is 0 Å². The summed E-state index contributed by atoms with van der Waals surface area (Å²) in [7, 11) is 0. The van der Waals surface area contributed by atoms with E-state index in [0.717, 1.165) is 19.7 Å². The number of likely N-dealkylation sites (tertiary alicyclic amines) is 1. The van der Waals surface area contributed by atoms with Crippen molar-refractivity contribution in [3.05, 3.63) is 35.9 Å². The van der Waals surface area contributed by atoms with Gasteiger partial charge >= 0.3 is 0 Å². The normalized spacial score (nSPS) is 20.9. The maximum atomic E-state index is 5.56. The van der Waals surface area contributed by atoms with E-state index in [1.54, 1.807) is 0 Å². The molecule has 1 fully saturated rings. The van der Waals surface area contributed by atoms with Crippen molar-refractivity contribution in [1.82, 2.24) is 4.90 Å². The molecule has 94 valence electrons. The maximum Gasteiger partial charge on any atom is 0.0602 e. The molecule has 0 amide bonds. The lowest BCUT2D eigenvalue weighted by Gasteiger charge is -2.15. The molecule has 0 spiro atoms. The molecule has 1 unspecified atom stereocenters. The molecule has 2 rings (SSSR count). The van der Waals surface area contributed by atoms with Crippen molar-refractivity contribution in [2.45, 2.75) is 12.3 Å². The molecular formula is C14H20ClNO. The summed E-state index contributed by atoms with van der Waals surface area (Å²) in [6.45, 7) is 4.84. The summed E-state index contributed by atoms with van der Waals surface area (Å²) in [6, 6.07) is 10.8. The van der Waals surface area contributed by atoms with Crippen LogP contribution in [-0.4, -0.2) is 43.6 Å². The van der Waals surface area contributed by atoms with Crippen LogP contribution in [0.15, 0.2) is 30.3 Å². The highest BCUT2D eigenvalue weighted by molar-refractivity contribution is 6.17. The second-order valence-corrected chi connectivity index (χ2v) is 4.88. The van der Waals surface area contributed by atoms with E-state index in [1.807, 2.05) is 0 Å². The third-order valence-electron chi connectivity index (χ3n) is 3.32. The topological polar surface area (TPSA) is 12.5 Å². The van der Waals surface area contributed by atoms with Gasteiger partial charge in [0.1, 0.15) is 0 Å². The van der Waals surface area contributed by atoms with Crippen LogP contribution in [0.25, 0.3) is 0 Å². The number of rotatable bonds is 6. The van der Waals surface area contributed by atoms with E-state index in [2.05, 4.69) is 35.2 Å². The number of hydrogen-bond donors (Lipinski definition) is 0. The summed E-state index contributed by atoms with van der Waals surface area (Å²) in [5.74, 6) is 1.29. The number of halogens is 1. The van der Waals surface area contributed by atoms with Crippen LogP contribution in [0.3, 0.4) is 0 Å². The smallest absolute Gasteiger partial charge is 0.0602 e. The number of nitrogens with zero attached hydrogens (tertiary/aromatic N) is 1. The molecule has 17 heavy (non-hydrogen) atoms. The number of alkyl halides is 1. The van der Waals surface area contributed by atoms with Crippen molar-refractivity contribution in [2.75, 3.05) is 38.7 Å². The standard InChI is InChI=1S/C14H20ClNO/c15-7-10-17-11-9-16-8-6-14(12-16)13-4-2-1-3-5-13/h1-5,14H,6-12H2. The highest BCUT2D eigenvalue weighted by Gasteiger charge is 2.22. The molecule has 1 aliphatic rings. The van der Waals surface area contributed by atoms with Gasteiger partial charge in [-0.2, -0.15) is 0 Å². The Morgan fingerprint density at radius 3 is 2.82 bits per heavy atom. The molecule has 1 aromatic rings. The molecule has 0 aliphatic carbocycles. The molecule has 1 atom stereocenters. The van der Waals surface area contributed by atoms with Gasteiger partial charge in [-0.1, -0.05) is 30.3 Å². The Morgan fingerprint density at radius 2 is 2.06 bits per heavy atom. The summed E-state index contributed by atoms with van der Waals surface area (Å²) in [5.41, 5.74) is 1.47. The molecule has 1 saturated heterocycles. The molecule has 0 radical (unpaired) electrons. The van der Waals surface area contributed by atoms with Gasteiger partial charge in [0.2, 0.25) is 0 Å². The third-order valence-corrected chi connectivity index (χ3v) is 3.47. The lowest BCUT2D eigenvalue weighted by Crippen LogP contribution is -2.25. The fourth-order valence-electron chi connectivity index (χ4n) is 2.38. The van der Waals surface area contributed by atoms with Crippen LogP contribution in [0, 0.1) is 0 Å². The Bertz CT molecular complexity index is 317. The first-order chi connectivity index (χ1) is 8.40. The summed E-state index contributed by atoms with van der Waals surface area (Å²) in [5, 5.41) is 0. The maximum absolute atomic E-state index is 5.56. The predicted octanol–water partition coefficient (Wildman–Crippen LogP) is 2.73. The first-order valence-electron chi connectivity index (χ1n) is 6.31. The Balaban J connectivity index is 1.72. The van der Waals surface area contributed by atoms with Crippen LogP contribution in [0.1, 0.15) is 17.9 Å². The molecule has 3 heteroatoms. The van der Waals surface area contributed by atoms with Gasteiger partial charge in [-0.05, 0) is 24.4 Å². The zero-order chi connectivity index (χ0) is 11.9. The molecular weight excluding hydrogens is 234 g/mol. The first kappa shape index (κ1) is 12.9. The molecule has 0 aromatic heterocycles. The Morgan fingerprint density at radius 1 is 1.24 bits per heavy atom. The van der Waals surface area contributed by atoms with Gasteiger partial charge in [0.15, 0.2) is 0 Å². The van der Waals surface area contributed by atoms with Gasteiger partial charge in [-0.25, -0.2) is 0 Å².